The van der Waals surface area contributed by atoms with Gasteiger partial charge in [-0.3, -0.25) is 4.72 Å². The van der Waals surface area contributed by atoms with Gasteiger partial charge >= 0.3 is 0 Å². The van der Waals surface area contributed by atoms with E-state index in [2.05, 4.69) is 25.6 Å². The fourth-order valence-corrected chi connectivity index (χ4v) is 2.77. The van der Waals surface area contributed by atoms with Gasteiger partial charge in [0, 0.05) is 5.33 Å². The van der Waals surface area contributed by atoms with Crippen LogP contribution in [0.3, 0.4) is 0 Å². The Bertz CT molecular complexity index is 657. The molecule has 0 aliphatic rings. The van der Waals surface area contributed by atoms with Gasteiger partial charge in [0.1, 0.15) is 11.6 Å². The summed E-state index contributed by atoms with van der Waals surface area (Å²) < 4.78 is 39.0. The van der Waals surface area contributed by atoms with Crippen LogP contribution in [0.25, 0.3) is 0 Å². The van der Waals surface area contributed by atoms with Crippen LogP contribution in [-0.4, -0.2) is 13.4 Å². The van der Waals surface area contributed by atoms with Gasteiger partial charge in [0.05, 0.1) is 11.1 Å². The zero-order valence-electron chi connectivity index (χ0n) is 9.68. The van der Waals surface area contributed by atoms with Gasteiger partial charge in [-0.15, -0.1) is 0 Å². The van der Waals surface area contributed by atoms with Crippen LogP contribution in [0.5, 0.6) is 0 Å². The molecule has 19 heavy (non-hydrogen) atoms. The molecule has 1 heterocycles. The number of hydrogen-bond acceptors (Lipinski definition) is 3. The second-order valence-electron chi connectivity index (χ2n) is 3.74. The first-order valence-corrected chi connectivity index (χ1v) is 7.91. The highest BCUT2D eigenvalue weighted by molar-refractivity contribution is 9.08. The molecule has 0 aliphatic carbocycles. The molecule has 0 atom stereocenters. The summed E-state index contributed by atoms with van der Waals surface area (Å²) in [5.41, 5.74) is 0.971. The lowest BCUT2D eigenvalue weighted by Crippen LogP contribution is -2.13. The molecule has 2 rings (SSSR count). The lowest BCUT2D eigenvalue weighted by atomic mass is 10.2. The van der Waals surface area contributed by atoms with Crippen molar-refractivity contribution in [3.05, 3.63) is 54.0 Å². The number of aromatic nitrogens is 1. The van der Waals surface area contributed by atoms with Crippen molar-refractivity contribution in [2.45, 2.75) is 10.2 Å². The number of nitrogens with one attached hydrogen (secondary N) is 1. The summed E-state index contributed by atoms with van der Waals surface area (Å²) in [6, 6.07) is 8.83. The van der Waals surface area contributed by atoms with E-state index in [1.165, 1.54) is 18.2 Å². The largest absolute Gasteiger partial charge is 0.263 e. The van der Waals surface area contributed by atoms with Gasteiger partial charge < -0.3 is 0 Å². The number of anilines is 1. The summed E-state index contributed by atoms with van der Waals surface area (Å²) in [4.78, 5) is 3.78. The van der Waals surface area contributed by atoms with Crippen molar-refractivity contribution in [2.24, 2.45) is 0 Å². The Labute approximate surface area is 118 Å². The zero-order chi connectivity index (χ0) is 13.9. The molecule has 0 saturated carbocycles. The van der Waals surface area contributed by atoms with E-state index in [1.807, 2.05) is 0 Å². The smallest absolute Gasteiger partial charge is 0.263 e. The van der Waals surface area contributed by atoms with E-state index in [1.54, 1.807) is 12.1 Å². The van der Waals surface area contributed by atoms with Crippen LogP contribution in [0.1, 0.15) is 5.56 Å². The minimum absolute atomic E-state index is 0.0750. The van der Waals surface area contributed by atoms with Crippen LogP contribution in [-0.2, 0) is 15.4 Å². The molecule has 1 aromatic heterocycles. The molecule has 0 saturated heterocycles. The molecule has 0 bridgehead atoms. The molecule has 7 heteroatoms. The van der Waals surface area contributed by atoms with Gasteiger partial charge in [-0.2, -0.15) is 0 Å². The fraction of sp³-hybridized carbons (Fsp3) is 0.0833. The average Bonchev–Trinajstić information content (AvgIpc) is 2.41. The van der Waals surface area contributed by atoms with Gasteiger partial charge in [-0.05, 0) is 29.8 Å². The SMILES string of the molecule is O=S(=O)(Nc1ccc(F)cn1)c1ccc(CBr)cc1. The van der Waals surface area contributed by atoms with Crippen molar-refractivity contribution < 1.29 is 12.8 Å². The van der Waals surface area contributed by atoms with Crippen molar-refractivity contribution in [1.29, 1.82) is 0 Å². The van der Waals surface area contributed by atoms with Crippen LogP contribution in [0, 0.1) is 5.82 Å². The Kier molecular flexibility index (Phi) is 4.16. The van der Waals surface area contributed by atoms with E-state index in [4.69, 9.17) is 0 Å². The number of sulfonamides is 1. The molecular weight excluding hydrogens is 335 g/mol. The van der Waals surface area contributed by atoms with Crippen molar-refractivity contribution in [3.63, 3.8) is 0 Å². The second kappa shape index (κ2) is 5.66. The van der Waals surface area contributed by atoms with Crippen molar-refractivity contribution >= 4 is 31.8 Å². The molecule has 0 fully saturated rings. The van der Waals surface area contributed by atoms with Gasteiger partial charge in [0.2, 0.25) is 0 Å². The number of pyridine rings is 1. The summed E-state index contributed by atoms with van der Waals surface area (Å²) in [6.45, 7) is 0. The first-order valence-electron chi connectivity index (χ1n) is 5.30. The Balaban J connectivity index is 2.24. The van der Waals surface area contributed by atoms with Gasteiger partial charge in [0.15, 0.2) is 0 Å². The number of benzene rings is 1. The predicted octanol–water partition coefficient (Wildman–Crippen LogP) is 2.92. The van der Waals surface area contributed by atoms with Crippen LogP contribution < -0.4 is 4.72 Å². The lowest BCUT2D eigenvalue weighted by molar-refractivity contribution is 0.600. The molecule has 4 nitrogen and oxygen atoms in total. The van der Waals surface area contributed by atoms with E-state index in [0.717, 1.165) is 17.8 Å². The van der Waals surface area contributed by atoms with Crippen LogP contribution >= 0.6 is 15.9 Å². The minimum atomic E-state index is -3.70. The second-order valence-corrected chi connectivity index (χ2v) is 5.99. The van der Waals surface area contributed by atoms with Gasteiger partial charge in [-0.1, -0.05) is 28.1 Å². The normalized spacial score (nSPS) is 11.3. The van der Waals surface area contributed by atoms with Gasteiger partial charge in [0.25, 0.3) is 10.0 Å². The highest BCUT2D eigenvalue weighted by Crippen LogP contribution is 2.16. The molecule has 0 amide bonds. The topological polar surface area (TPSA) is 59.1 Å². The van der Waals surface area contributed by atoms with Crippen LogP contribution in [0.4, 0.5) is 10.2 Å². The molecule has 0 unspecified atom stereocenters. The monoisotopic (exact) mass is 344 g/mol. The van der Waals surface area contributed by atoms with Crippen molar-refractivity contribution in [1.82, 2.24) is 4.98 Å². The number of halogens is 2. The molecule has 1 N–H and O–H groups in total. The molecule has 2 aromatic rings. The van der Waals surface area contributed by atoms with Crippen LogP contribution in [0.2, 0.25) is 0 Å². The summed E-state index contributed by atoms with van der Waals surface area (Å²) >= 11 is 3.28. The first kappa shape index (κ1) is 14.0. The third kappa shape index (κ3) is 3.51. The summed E-state index contributed by atoms with van der Waals surface area (Å²) in [5, 5.41) is 0.653. The van der Waals surface area contributed by atoms with E-state index in [9.17, 15) is 12.8 Å². The number of hydrogen-bond donors (Lipinski definition) is 1. The highest BCUT2D eigenvalue weighted by atomic mass is 79.9. The van der Waals surface area contributed by atoms with Crippen molar-refractivity contribution in [2.75, 3.05) is 4.72 Å². The standard InChI is InChI=1S/C12H10BrFN2O2S/c13-7-9-1-4-11(5-2-9)19(17,18)16-12-6-3-10(14)8-15-12/h1-6,8H,7H2,(H,15,16). The number of alkyl halides is 1. The van der Waals surface area contributed by atoms with E-state index in [0.29, 0.717) is 5.33 Å². The van der Waals surface area contributed by atoms with E-state index < -0.39 is 15.8 Å². The fourth-order valence-electron chi connectivity index (χ4n) is 1.39. The molecule has 0 aliphatic heterocycles. The summed E-state index contributed by atoms with van der Waals surface area (Å²) in [6.07, 6.45) is 0.950. The Morgan fingerprint density at radius 3 is 2.37 bits per heavy atom. The third-order valence-electron chi connectivity index (χ3n) is 2.35. The average molecular weight is 345 g/mol. The maximum atomic E-state index is 12.7. The van der Waals surface area contributed by atoms with Crippen molar-refractivity contribution in [3.8, 4) is 0 Å². The summed E-state index contributed by atoms with van der Waals surface area (Å²) in [5.74, 6) is -0.449. The Hall–Kier alpha value is -1.47. The number of rotatable bonds is 4. The molecule has 0 spiro atoms. The molecular formula is C12H10BrFN2O2S. The lowest BCUT2D eigenvalue weighted by Gasteiger charge is -2.07. The van der Waals surface area contributed by atoms with E-state index in [-0.39, 0.29) is 10.7 Å². The zero-order valence-corrected chi connectivity index (χ0v) is 12.1. The first-order chi connectivity index (χ1) is 9.01. The predicted molar refractivity (Wildman–Crippen MR) is 74.1 cm³/mol. The molecule has 1 aromatic carbocycles. The molecule has 0 radical (unpaired) electrons. The van der Waals surface area contributed by atoms with Gasteiger partial charge in [-0.25, -0.2) is 17.8 Å². The quantitative estimate of drug-likeness (QED) is 0.867. The minimum Gasteiger partial charge on any atom is -0.263 e. The third-order valence-corrected chi connectivity index (χ3v) is 4.37. The maximum absolute atomic E-state index is 12.7. The maximum Gasteiger partial charge on any atom is 0.263 e. The highest BCUT2D eigenvalue weighted by Gasteiger charge is 2.14. The van der Waals surface area contributed by atoms with E-state index >= 15 is 0 Å². The van der Waals surface area contributed by atoms with Crippen LogP contribution in [0.15, 0.2) is 47.5 Å². The molecule has 100 valence electrons. The summed E-state index contributed by atoms with van der Waals surface area (Å²) in [7, 11) is -3.70. The number of nitrogens with zero attached hydrogens (tertiary/aromatic N) is 1. The Morgan fingerprint density at radius 2 is 1.84 bits per heavy atom. The Morgan fingerprint density at radius 1 is 1.16 bits per heavy atom.